The summed E-state index contributed by atoms with van der Waals surface area (Å²) in [7, 11) is 0. The van der Waals surface area contributed by atoms with E-state index in [-0.39, 0.29) is 37.8 Å². The fourth-order valence-corrected chi connectivity index (χ4v) is 3.23. The lowest BCUT2D eigenvalue weighted by Crippen LogP contribution is -2.26. The van der Waals surface area contributed by atoms with Crippen molar-refractivity contribution in [3.63, 3.8) is 0 Å². The van der Waals surface area contributed by atoms with Crippen LogP contribution in [0.3, 0.4) is 0 Å². The van der Waals surface area contributed by atoms with Crippen molar-refractivity contribution in [2.75, 3.05) is 6.54 Å². The summed E-state index contributed by atoms with van der Waals surface area (Å²) in [6.07, 6.45) is -16.5. The second kappa shape index (κ2) is 11.7. The van der Waals surface area contributed by atoms with E-state index in [0.29, 0.717) is 12.5 Å². The average molecular weight is 515 g/mol. The van der Waals surface area contributed by atoms with Crippen molar-refractivity contribution < 1.29 is 63.6 Å². The molecule has 0 bridgehead atoms. The minimum absolute atomic E-state index is 0.0946. The molecule has 1 aromatic carbocycles. The fourth-order valence-electron chi connectivity index (χ4n) is 3.23. The molecule has 0 amide bonds. The molecule has 196 valence electrons. The number of benzene rings is 1. The molecule has 6 nitrogen and oxygen atoms in total. The quantitative estimate of drug-likeness (QED) is 0.343. The number of nitrogens with two attached hydrogens (primary N) is 1. The Bertz CT molecular complexity index is 809. The van der Waals surface area contributed by atoms with Crippen molar-refractivity contribution in [2.24, 2.45) is 17.6 Å². The van der Waals surface area contributed by atoms with Gasteiger partial charge in [-0.25, -0.2) is 0 Å². The third kappa shape index (κ3) is 10.6. The van der Waals surface area contributed by atoms with Crippen LogP contribution < -0.4 is 19.9 Å². The molecule has 0 saturated heterocycles. The van der Waals surface area contributed by atoms with Crippen LogP contribution in [0.4, 0.5) is 39.5 Å². The maximum atomic E-state index is 12.9. The Morgan fingerprint density at radius 2 is 1.44 bits per heavy atom. The lowest BCUT2D eigenvalue weighted by Gasteiger charge is -2.22. The van der Waals surface area contributed by atoms with Gasteiger partial charge in [0.15, 0.2) is 11.5 Å². The largest absolute Gasteiger partial charge is 0.573 e. The second-order valence-corrected chi connectivity index (χ2v) is 7.19. The van der Waals surface area contributed by atoms with Crippen molar-refractivity contribution in [1.29, 1.82) is 0 Å². The molecular formula is C19H22F9NO5. The summed E-state index contributed by atoms with van der Waals surface area (Å²) in [6, 6.07) is 0.603. The third-order valence-electron chi connectivity index (χ3n) is 4.72. The summed E-state index contributed by atoms with van der Waals surface area (Å²) < 4.78 is 126. The molecule has 0 aliphatic rings. The van der Waals surface area contributed by atoms with Crippen LogP contribution in [0.2, 0.25) is 0 Å². The third-order valence-corrected chi connectivity index (χ3v) is 4.72. The van der Waals surface area contributed by atoms with Crippen molar-refractivity contribution >= 4 is 5.97 Å². The van der Waals surface area contributed by atoms with E-state index in [1.807, 2.05) is 0 Å². The van der Waals surface area contributed by atoms with Crippen LogP contribution in [-0.4, -0.2) is 36.7 Å². The monoisotopic (exact) mass is 515 g/mol. The summed E-state index contributed by atoms with van der Waals surface area (Å²) >= 11 is 0. The van der Waals surface area contributed by atoms with Crippen LogP contribution in [0.1, 0.15) is 38.2 Å². The molecule has 2 unspecified atom stereocenters. The van der Waals surface area contributed by atoms with Gasteiger partial charge in [-0.2, -0.15) is 0 Å². The predicted molar refractivity (Wildman–Crippen MR) is 98.0 cm³/mol. The predicted octanol–water partition coefficient (Wildman–Crippen LogP) is 5.78. The molecule has 0 aromatic heterocycles. The van der Waals surface area contributed by atoms with Crippen LogP contribution in [0.15, 0.2) is 12.1 Å². The summed E-state index contributed by atoms with van der Waals surface area (Å²) in [6.45, 7) is 1.50. The van der Waals surface area contributed by atoms with E-state index in [4.69, 9.17) is 10.8 Å². The molecule has 0 heterocycles. The minimum Gasteiger partial charge on any atom is -0.481 e. The topological polar surface area (TPSA) is 91.0 Å². The molecule has 15 heteroatoms. The van der Waals surface area contributed by atoms with Crippen molar-refractivity contribution in [1.82, 2.24) is 0 Å². The Hall–Kier alpha value is -2.58. The number of hydrogen-bond acceptors (Lipinski definition) is 5. The molecule has 0 saturated carbocycles. The highest BCUT2D eigenvalue weighted by Crippen LogP contribution is 2.44. The van der Waals surface area contributed by atoms with Gasteiger partial charge < -0.3 is 25.1 Å². The number of carboxylic acids is 1. The number of alkyl halides is 9. The van der Waals surface area contributed by atoms with Gasteiger partial charge >= 0.3 is 25.1 Å². The standard InChI is InChI=1S/C19H22F9NO5/c1-2-10(8-11(9-29)16(30)31)4-3-5-12-13(32-17(20,21)22)6-7-14(33-18(23,24)25)15(12)34-19(26,27)28/h6-7,10-11H,2-5,8-9,29H2,1H3,(H,30,31). The number of carboxylic acid groups (broad SMARTS) is 1. The van der Waals surface area contributed by atoms with E-state index in [9.17, 15) is 44.3 Å². The smallest absolute Gasteiger partial charge is 0.481 e. The number of halogens is 9. The molecule has 0 spiro atoms. The molecule has 0 aliphatic carbocycles. The van der Waals surface area contributed by atoms with Gasteiger partial charge in [0.25, 0.3) is 0 Å². The summed E-state index contributed by atoms with van der Waals surface area (Å²) in [4.78, 5) is 11.2. The first-order valence-corrected chi connectivity index (χ1v) is 9.81. The van der Waals surface area contributed by atoms with Crippen molar-refractivity contribution in [2.45, 2.75) is 58.1 Å². The van der Waals surface area contributed by atoms with Crippen molar-refractivity contribution in [3.05, 3.63) is 17.7 Å². The van der Waals surface area contributed by atoms with E-state index in [1.165, 1.54) is 0 Å². The van der Waals surface area contributed by atoms with Gasteiger partial charge in [0, 0.05) is 12.1 Å². The molecule has 0 radical (unpaired) electrons. The second-order valence-electron chi connectivity index (χ2n) is 7.19. The maximum Gasteiger partial charge on any atom is 0.573 e. The van der Waals surface area contributed by atoms with E-state index in [2.05, 4.69) is 14.2 Å². The Morgan fingerprint density at radius 3 is 1.88 bits per heavy atom. The van der Waals surface area contributed by atoms with Gasteiger partial charge in [-0.15, -0.1) is 39.5 Å². The van der Waals surface area contributed by atoms with Gasteiger partial charge in [0.2, 0.25) is 0 Å². The van der Waals surface area contributed by atoms with Crippen LogP contribution in [0, 0.1) is 11.8 Å². The molecule has 1 aromatic rings. The lowest BCUT2D eigenvalue weighted by atomic mass is 9.88. The highest BCUT2D eigenvalue weighted by atomic mass is 19.4. The number of aliphatic carboxylic acids is 1. The van der Waals surface area contributed by atoms with Gasteiger partial charge in [0.1, 0.15) is 5.75 Å². The number of rotatable bonds is 12. The summed E-state index contributed by atoms with van der Waals surface area (Å²) in [5, 5.41) is 9.10. The molecule has 2 atom stereocenters. The highest BCUT2D eigenvalue weighted by molar-refractivity contribution is 5.70. The highest BCUT2D eigenvalue weighted by Gasteiger charge is 2.40. The van der Waals surface area contributed by atoms with E-state index < -0.39 is 60.2 Å². The molecule has 1 rings (SSSR count). The Labute approximate surface area is 187 Å². The first-order valence-electron chi connectivity index (χ1n) is 9.81. The zero-order valence-electron chi connectivity index (χ0n) is 17.6. The zero-order chi connectivity index (χ0) is 26.3. The summed E-state index contributed by atoms with van der Waals surface area (Å²) in [5.74, 6) is -6.72. The van der Waals surface area contributed by atoms with Gasteiger partial charge in [-0.3, -0.25) is 4.79 Å². The SMILES string of the molecule is CCC(CCCc1c(OC(F)(F)F)ccc(OC(F)(F)F)c1OC(F)(F)F)CC(CN)C(=O)O. The first kappa shape index (κ1) is 29.5. The van der Waals surface area contributed by atoms with Crippen molar-refractivity contribution in [3.8, 4) is 17.2 Å². The molecular weight excluding hydrogens is 493 g/mol. The molecule has 0 fully saturated rings. The van der Waals surface area contributed by atoms with Crippen LogP contribution in [-0.2, 0) is 11.2 Å². The van der Waals surface area contributed by atoms with Crippen LogP contribution in [0.5, 0.6) is 17.2 Å². The maximum absolute atomic E-state index is 12.9. The molecule has 3 N–H and O–H groups in total. The first-order chi connectivity index (χ1) is 15.5. The zero-order valence-corrected chi connectivity index (χ0v) is 17.6. The van der Waals surface area contributed by atoms with E-state index in [1.54, 1.807) is 6.92 Å². The minimum atomic E-state index is -5.56. The normalized spacial score (nSPS) is 14.4. The average Bonchev–Trinajstić information content (AvgIpc) is 2.64. The van der Waals surface area contributed by atoms with Crippen LogP contribution in [0.25, 0.3) is 0 Å². The van der Waals surface area contributed by atoms with Gasteiger partial charge in [-0.1, -0.05) is 19.8 Å². The van der Waals surface area contributed by atoms with E-state index in [0.717, 1.165) is 0 Å². The number of ether oxygens (including phenoxy) is 3. The number of carbonyl (C=O) groups is 1. The fraction of sp³-hybridized carbons (Fsp3) is 0.632. The van der Waals surface area contributed by atoms with E-state index >= 15 is 0 Å². The number of hydrogen-bond donors (Lipinski definition) is 2. The van der Waals surface area contributed by atoms with Gasteiger partial charge in [-0.05, 0) is 37.3 Å². The molecule has 34 heavy (non-hydrogen) atoms. The Kier molecular flexibility index (Phi) is 10.1. The Balaban J connectivity index is 3.31. The van der Waals surface area contributed by atoms with Gasteiger partial charge in [0.05, 0.1) is 5.92 Å². The molecule has 0 aliphatic heterocycles. The Morgan fingerprint density at radius 1 is 0.941 bits per heavy atom. The summed E-state index contributed by atoms with van der Waals surface area (Å²) in [5.41, 5.74) is 4.44. The lowest BCUT2D eigenvalue weighted by molar-refractivity contribution is -0.288. The van der Waals surface area contributed by atoms with Crippen LogP contribution >= 0.6 is 0 Å².